The Morgan fingerprint density at radius 3 is 2.39 bits per heavy atom. The summed E-state index contributed by atoms with van der Waals surface area (Å²) in [5.74, 6) is 0.573. The second kappa shape index (κ2) is 9.00. The lowest BCUT2D eigenvalue weighted by atomic mass is 10.1. The Morgan fingerprint density at radius 2 is 1.61 bits per heavy atom. The van der Waals surface area contributed by atoms with E-state index in [2.05, 4.69) is 67.8 Å². The lowest BCUT2D eigenvalue weighted by Crippen LogP contribution is -2.26. The molecule has 0 aliphatic carbocycles. The number of carbonyl (C=O) groups excluding carboxylic acids is 1. The summed E-state index contributed by atoms with van der Waals surface area (Å²) in [7, 11) is 0. The van der Waals surface area contributed by atoms with Crippen molar-refractivity contribution in [2.75, 3.05) is 11.9 Å². The van der Waals surface area contributed by atoms with Crippen molar-refractivity contribution in [3.05, 3.63) is 101 Å². The maximum Gasteiger partial charge on any atom is 0.252 e. The maximum absolute atomic E-state index is 13.1. The number of aromatic nitrogens is 1. The van der Waals surface area contributed by atoms with Gasteiger partial charge in [0, 0.05) is 17.6 Å². The molecule has 4 nitrogen and oxygen atoms in total. The number of fused-ring (bicyclic) bond motifs is 1. The fraction of sp³-hybridized carbons (Fsp3) is 0.185. The zero-order valence-corrected chi connectivity index (χ0v) is 18.2. The fourth-order valence-electron chi connectivity index (χ4n) is 3.69. The van der Waals surface area contributed by atoms with Gasteiger partial charge < -0.3 is 10.6 Å². The first kappa shape index (κ1) is 20.6. The highest BCUT2D eigenvalue weighted by atomic mass is 16.1. The lowest BCUT2D eigenvalue weighted by molar-refractivity contribution is 0.0955. The van der Waals surface area contributed by atoms with E-state index in [1.807, 2.05) is 36.4 Å². The van der Waals surface area contributed by atoms with Crippen LogP contribution in [0.1, 0.15) is 32.6 Å². The Kier molecular flexibility index (Phi) is 5.99. The van der Waals surface area contributed by atoms with Crippen molar-refractivity contribution >= 4 is 28.3 Å². The molecule has 0 atom stereocenters. The van der Waals surface area contributed by atoms with Crippen LogP contribution in [-0.4, -0.2) is 17.4 Å². The molecule has 2 N–H and O–H groups in total. The third-order valence-corrected chi connectivity index (χ3v) is 5.43. The van der Waals surface area contributed by atoms with Crippen LogP contribution in [0, 0.1) is 20.8 Å². The van der Waals surface area contributed by atoms with Crippen LogP contribution in [0.2, 0.25) is 0 Å². The largest absolute Gasteiger partial charge is 0.352 e. The van der Waals surface area contributed by atoms with Crippen molar-refractivity contribution in [2.24, 2.45) is 0 Å². The number of benzene rings is 3. The molecule has 0 radical (unpaired) electrons. The van der Waals surface area contributed by atoms with Crippen LogP contribution in [0.4, 0.5) is 11.5 Å². The smallest absolute Gasteiger partial charge is 0.252 e. The minimum absolute atomic E-state index is 0.0885. The summed E-state index contributed by atoms with van der Waals surface area (Å²) in [6.45, 7) is 6.79. The van der Waals surface area contributed by atoms with Crippen molar-refractivity contribution in [1.29, 1.82) is 0 Å². The zero-order chi connectivity index (χ0) is 21.8. The molecular weight excluding hydrogens is 382 g/mol. The molecule has 156 valence electrons. The summed E-state index contributed by atoms with van der Waals surface area (Å²) >= 11 is 0. The maximum atomic E-state index is 13.1. The first-order valence-corrected chi connectivity index (χ1v) is 10.6. The van der Waals surface area contributed by atoms with E-state index in [0.29, 0.717) is 17.9 Å². The average molecular weight is 410 g/mol. The standard InChI is InChI=1S/C27H27N3O/c1-18-8-11-21(12-9-18)14-15-28-27(31)23-17-26(30-25-7-5-4-6-22(23)25)29-24-13-10-19(2)16-20(24)3/h4-13,16-17H,14-15H2,1-3H3,(H,28,31)(H,29,30). The van der Waals surface area contributed by atoms with Gasteiger partial charge in [-0.05, 0) is 56.5 Å². The zero-order valence-electron chi connectivity index (χ0n) is 18.2. The van der Waals surface area contributed by atoms with Crippen LogP contribution in [0.15, 0.2) is 72.8 Å². The minimum Gasteiger partial charge on any atom is -0.352 e. The van der Waals surface area contributed by atoms with E-state index < -0.39 is 0 Å². The molecule has 0 aliphatic rings. The number of pyridine rings is 1. The molecule has 0 saturated carbocycles. The van der Waals surface area contributed by atoms with E-state index in [-0.39, 0.29) is 5.91 Å². The first-order chi connectivity index (χ1) is 15.0. The van der Waals surface area contributed by atoms with Gasteiger partial charge in [-0.3, -0.25) is 4.79 Å². The fourth-order valence-corrected chi connectivity index (χ4v) is 3.69. The number of carbonyl (C=O) groups is 1. The lowest BCUT2D eigenvalue weighted by Gasteiger charge is -2.13. The van der Waals surface area contributed by atoms with Crippen LogP contribution in [-0.2, 0) is 6.42 Å². The number of hydrogen-bond donors (Lipinski definition) is 2. The number of para-hydroxylation sites is 1. The van der Waals surface area contributed by atoms with Crippen LogP contribution < -0.4 is 10.6 Å². The van der Waals surface area contributed by atoms with E-state index in [4.69, 9.17) is 4.98 Å². The molecule has 31 heavy (non-hydrogen) atoms. The number of nitrogens with zero attached hydrogens (tertiary/aromatic N) is 1. The molecule has 0 spiro atoms. The van der Waals surface area contributed by atoms with Gasteiger partial charge in [0.1, 0.15) is 5.82 Å². The normalized spacial score (nSPS) is 10.8. The molecule has 1 aromatic heterocycles. The van der Waals surface area contributed by atoms with Crippen molar-refractivity contribution in [3.63, 3.8) is 0 Å². The molecule has 1 amide bonds. The van der Waals surface area contributed by atoms with Crippen molar-refractivity contribution < 1.29 is 4.79 Å². The molecule has 0 bridgehead atoms. The summed E-state index contributed by atoms with van der Waals surface area (Å²) in [6.07, 6.45) is 0.794. The van der Waals surface area contributed by atoms with Crippen LogP contribution in [0.3, 0.4) is 0 Å². The highest BCUT2D eigenvalue weighted by molar-refractivity contribution is 6.07. The van der Waals surface area contributed by atoms with Crippen LogP contribution >= 0.6 is 0 Å². The van der Waals surface area contributed by atoms with E-state index >= 15 is 0 Å². The molecule has 0 unspecified atom stereocenters. The van der Waals surface area contributed by atoms with Gasteiger partial charge in [0.15, 0.2) is 0 Å². The molecule has 4 heteroatoms. The van der Waals surface area contributed by atoms with Gasteiger partial charge in [0.05, 0.1) is 11.1 Å². The number of rotatable bonds is 6. The number of nitrogens with one attached hydrogen (secondary N) is 2. The summed E-state index contributed by atoms with van der Waals surface area (Å²) in [6, 6.07) is 24.2. The number of amides is 1. The Bertz CT molecular complexity index is 1230. The Balaban J connectivity index is 1.56. The quantitative estimate of drug-likeness (QED) is 0.418. The number of aryl methyl sites for hydroxylation is 3. The second-order valence-corrected chi connectivity index (χ2v) is 8.01. The van der Waals surface area contributed by atoms with E-state index in [1.54, 1.807) is 0 Å². The van der Waals surface area contributed by atoms with Crippen LogP contribution in [0.25, 0.3) is 10.9 Å². The van der Waals surface area contributed by atoms with Crippen LogP contribution in [0.5, 0.6) is 0 Å². The average Bonchev–Trinajstić information content (AvgIpc) is 2.76. The minimum atomic E-state index is -0.0885. The molecule has 1 heterocycles. The molecule has 4 rings (SSSR count). The van der Waals surface area contributed by atoms with Gasteiger partial charge in [0.2, 0.25) is 0 Å². The summed E-state index contributed by atoms with van der Waals surface area (Å²) < 4.78 is 0. The SMILES string of the molecule is Cc1ccc(CCNC(=O)c2cc(Nc3ccc(C)cc3C)nc3ccccc23)cc1. The van der Waals surface area contributed by atoms with Crippen molar-refractivity contribution in [1.82, 2.24) is 10.3 Å². The van der Waals surface area contributed by atoms with Gasteiger partial charge in [-0.1, -0.05) is 65.7 Å². The molecule has 0 aliphatic heterocycles. The topological polar surface area (TPSA) is 54.0 Å². The molecule has 3 aromatic carbocycles. The van der Waals surface area contributed by atoms with Gasteiger partial charge in [-0.15, -0.1) is 0 Å². The highest BCUT2D eigenvalue weighted by Gasteiger charge is 2.13. The van der Waals surface area contributed by atoms with E-state index in [1.165, 1.54) is 16.7 Å². The molecule has 0 fully saturated rings. The van der Waals surface area contributed by atoms with Gasteiger partial charge in [-0.2, -0.15) is 0 Å². The predicted octanol–water partition coefficient (Wildman–Crippen LogP) is 5.88. The van der Waals surface area contributed by atoms with Crippen molar-refractivity contribution in [3.8, 4) is 0 Å². The summed E-state index contributed by atoms with van der Waals surface area (Å²) in [5.41, 5.74) is 7.20. The Morgan fingerprint density at radius 1 is 0.871 bits per heavy atom. The van der Waals surface area contributed by atoms with E-state index in [0.717, 1.165) is 28.6 Å². The van der Waals surface area contributed by atoms with Gasteiger partial charge in [-0.25, -0.2) is 4.98 Å². The van der Waals surface area contributed by atoms with Gasteiger partial charge in [0.25, 0.3) is 5.91 Å². The predicted molar refractivity (Wildman–Crippen MR) is 128 cm³/mol. The van der Waals surface area contributed by atoms with Gasteiger partial charge >= 0.3 is 0 Å². The monoisotopic (exact) mass is 409 g/mol. The second-order valence-electron chi connectivity index (χ2n) is 8.01. The molecular formula is C27H27N3O. The van der Waals surface area contributed by atoms with E-state index in [9.17, 15) is 4.79 Å². The third kappa shape index (κ3) is 4.92. The summed E-state index contributed by atoms with van der Waals surface area (Å²) in [4.78, 5) is 17.8. The number of hydrogen-bond acceptors (Lipinski definition) is 3. The molecule has 0 saturated heterocycles. The third-order valence-electron chi connectivity index (χ3n) is 5.43. The number of anilines is 2. The summed E-state index contributed by atoms with van der Waals surface area (Å²) in [5, 5.41) is 7.30. The highest BCUT2D eigenvalue weighted by Crippen LogP contribution is 2.25. The van der Waals surface area contributed by atoms with Crippen molar-refractivity contribution in [2.45, 2.75) is 27.2 Å². The Labute approximate surface area is 183 Å². The Hall–Kier alpha value is -3.66. The molecule has 4 aromatic rings. The first-order valence-electron chi connectivity index (χ1n) is 10.6.